The number of ether oxygens (including phenoxy) is 1. The standard InChI is InChI=1S/C20H24O3/c1-14(6-7-16(3)21)15(2)12-19(13-23-5)17(4)18-8-10-20(22)11-9-18/h6-8,10,12,21-22H,1-4,9,11,13H2,5H3/b7-6-,19-12-. The molecule has 0 radical (unpaired) electrons. The Morgan fingerprint density at radius 3 is 2.35 bits per heavy atom. The molecule has 1 aliphatic rings. The molecule has 0 saturated heterocycles. The molecule has 0 bridgehead atoms. The molecule has 0 amide bonds. The van der Waals surface area contributed by atoms with E-state index < -0.39 is 0 Å². The van der Waals surface area contributed by atoms with Gasteiger partial charge in [0.25, 0.3) is 0 Å². The highest BCUT2D eigenvalue weighted by Gasteiger charge is 2.12. The fourth-order valence-electron chi connectivity index (χ4n) is 2.06. The molecule has 0 saturated carbocycles. The molecule has 0 aromatic rings. The average molecular weight is 312 g/mol. The van der Waals surface area contributed by atoms with E-state index >= 15 is 0 Å². The van der Waals surface area contributed by atoms with Crippen molar-refractivity contribution in [2.24, 2.45) is 0 Å². The van der Waals surface area contributed by atoms with Crippen molar-refractivity contribution >= 4 is 0 Å². The summed E-state index contributed by atoms with van der Waals surface area (Å²) < 4.78 is 5.25. The Balaban J connectivity index is 2.96. The van der Waals surface area contributed by atoms with Gasteiger partial charge in [-0.05, 0) is 52.5 Å². The van der Waals surface area contributed by atoms with Crippen molar-refractivity contribution in [3.05, 3.63) is 96.1 Å². The lowest BCUT2D eigenvalue weighted by Crippen LogP contribution is -2.03. The molecule has 0 atom stereocenters. The Hall–Kier alpha value is -2.52. The number of hydrogen-bond acceptors (Lipinski definition) is 3. The van der Waals surface area contributed by atoms with E-state index in [0.29, 0.717) is 29.9 Å². The molecular weight excluding hydrogens is 288 g/mol. The SMILES string of the molecule is C=C(O)/C=C\C(=C)C(=C)/C=C(/COC)C(=C)C1=CC=C(O)CC1. The molecule has 2 N–H and O–H groups in total. The first-order chi connectivity index (χ1) is 10.8. The van der Waals surface area contributed by atoms with Gasteiger partial charge in [-0.15, -0.1) is 0 Å². The molecule has 0 spiro atoms. The van der Waals surface area contributed by atoms with Crippen LogP contribution in [0.25, 0.3) is 0 Å². The largest absolute Gasteiger partial charge is 0.512 e. The second-order valence-electron chi connectivity index (χ2n) is 5.31. The van der Waals surface area contributed by atoms with E-state index in [4.69, 9.17) is 9.84 Å². The van der Waals surface area contributed by atoms with Crippen LogP contribution in [0.3, 0.4) is 0 Å². The van der Waals surface area contributed by atoms with Gasteiger partial charge in [0.15, 0.2) is 0 Å². The first-order valence-corrected chi connectivity index (χ1v) is 7.27. The fourth-order valence-corrected chi connectivity index (χ4v) is 2.06. The summed E-state index contributed by atoms with van der Waals surface area (Å²) in [6.07, 6.45) is 9.89. The second-order valence-corrected chi connectivity index (χ2v) is 5.31. The van der Waals surface area contributed by atoms with Crippen molar-refractivity contribution in [2.45, 2.75) is 12.8 Å². The summed E-state index contributed by atoms with van der Waals surface area (Å²) in [7, 11) is 1.62. The Bertz CT molecular complexity index is 640. The lowest BCUT2D eigenvalue weighted by atomic mass is 9.91. The van der Waals surface area contributed by atoms with Crippen LogP contribution in [0, 0.1) is 0 Å². The highest BCUT2D eigenvalue weighted by atomic mass is 16.5. The van der Waals surface area contributed by atoms with Gasteiger partial charge < -0.3 is 14.9 Å². The van der Waals surface area contributed by atoms with Gasteiger partial charge in [0.1, 0.15) is 5.76 Å². The molecule has 0 aromatic carbocycles. The minimum Gasteiger partial charge on any atom is -0.512 e. The first-order valence-electron chi connectivity index (χ1n) is 7.27. The third-order valence-corrected chi connectivity index (χ3v) is 3.44. The summed E-state index contributed by atoms with van der Waals surface area (Å²) in [4.78, 5) is 0. The van der Waals surface area contributed by atoms with Crippen molar-refractivity contribution in [3.63, 3.8) is 0 Å². The maximum absolute atomic E-state index is 9.46. The zero-order chi connectivity index (χ0) is 17.4. The van der Waals surface area contributed by atoms with Gasteiger partial charge in [0.2, 0.25) is 0 Å². The van der Waals surface area contributed by atoms with Crippen LogP contribution in [-0.2, 0) is 4.74 Å². The van der Waals surface area contributed by atoms with Gasteiger partial charge in [-0.25, -0.2) is 0 Å². The highest BCUT2D eigenvalue weighted by molar-refractivity contribution is 5.53. The predicted octanol–water partition coefficient (Wildman–Crippen LogP) is 5.02. The summed E-state index contributed by atoms with van der Waals surface area (Å²) in [6.45, 7) is 15.8. The zero-order valence-corrected chi connectivity index (χ0v) is 13.6. The molecule has 23 heavy (non-hydrogen) atoms. The third kappa shape index (κ3) is 6.01. The maximum Gasteiger partial charge on any atom is 0.108 e. The van der Waals surface area contributed by atoms with Crippen LogP contribution in [0.5, 0.6) is 0 Å². The van der Waals surface area contributed by atoms with Crippen LogP contribution < -0.4 is 0 Å². The Labute approximate surface area is 138 Å². The number of hydrogen-bond donors (Lipinski definition) is 2. The summed E-state index contributed by atoms with van der Waals surface area (Å²) in [5.74, 6) is 0.342. The fraction of sp³-hybridized carbons (Fsp3) is 0.200. The zero-order valence-electron chi connectivity index (χ0n) is 13.6. The Morgan fingerprint density at radius 2 is 1.83 bits per heavy atom. The number of aliphatic hydroxyl groups is 2. The van der Waals surface area contributed by atoms with Crippen molar-refractivity contribution in [3.8, 4) is 0 Å². The molecule has 0 aromatic heterocycles. The number of allylic oxidation sites excluding steroid dienone is 9. The van der Waals surface area contributed by atoms with E-state index in [0.717, 1.165) is 23.1 Å². The van der Waals surface area contributed by atoms with Gasteiger partial charge in [0, 0.05) is 13.5 Å². The van der Waals surface area contributed by atoms with Crippen molar-refractivity contribution in [1.82, 2.24) is 0 Å². The summed E-state index contributed by atoms with van der Waals surface area (Å²) in [6, 6.07) is 0. The van der Waals surface area contributed by atoms with E-state index in [9.17, 15) is 5.11 Å². The normalized spacial score (nSPS) is 15.1. The van der Waals surface area contributed by atoms with E-state index in [1.165, 1.54) is 6.08 Å². The number of methoxy groups -OCH3 is 1. The minimum absolute atomic E-state index is 0.0385. The quantitative estimate of drug-likeness (QED) is 0.489. The lowest BCUT2D eigenvalue weighted by Gasteiger charge is -2.17. The van der Waals surface area contributed by atoms with Crippen LogP contribution in [0.2, 0.25) is 0 Å². The van der Waals surface area contributed by atoms with Gasteiger partial charge in [0.05, 0.1) is 12.4 Å². The van der Waals surface area contributed by atoms with E-state index in [1.54, 1.807) is 19.3 Å². The van der Waals surface area contributed by atoms with Gasteiger partial charge in [-0.3, -0.25) is 0 Å². The molecule has 1 aliphatic carbocycles. The van der Waals surface area contributed by atoms with Crippen molar-refractivity contribution in [2.75, 3.05) is 13.7 Å². The van der Waals surface area contributed by atoms with E-state index in [2.05, 4.69) is 26.3 Å². The minimum atomic E-state index is -0.0385. The maximum atomic E-state index is 9.46. The van der Waals surface area contributed by atoms with E-state index in [-0.39, 0.29) is 5.76 Å². The predicted molar refractivity (Wildman–Crippen MR) is 96.3 cm³/mol. The Kier molecular flexibility index (Phi) is 7.10. The molecule has 3 heteroatoms. The highest BCUT2D eigenvalue weighted by Crippen LogP contribution is 2.28. The Morgan fingerprint density at radius 1 is 1.13 bits per heavy atom. The first kappa shape index (κ1) is 18.5. The summed E-state index contributed by atoms with van der Waals surface area (Å²) in [5, 5.41) is 18.6. The molecule has 1 rings (SSSR count). The second kappa shape index (κ2) is 8.81. The summed E-state index contributed by atoms with van der Waals surface area (Å²) in [5.41, 5.74) is 4.18. The van der Waals surface area contributed by atoms with Gasteiger partial charge in [-0.2, -0.15) is 0 Å². The van der Waals surface area contributed by atoms with Crippen LogP contribution in [0.1, 0.15) is 12.8 Å². The molecule has 122 valence electrons. The molecule has 0 unspecified atom stereocenters. The average Bonchev–Trinajstić information content (AvgIpc) is 2.52. The van der Waals surface area contributed by atoms with Crippen LogP contribution in [0.15, 0.2) is 96.1 Å². The third-order valence-electron chi connectivity index (χ3n) is 3.44. The molecule has 0 heterocycles. The molecular formula is C20H24O3. The van der Waals surface area contributed by atoms with Crippen molar-refractivity contribution < 1.29 is 14.9 Å². The topological polar surface area (TPSA) is 49.7 Å². The monoisotopic (exact) mass is 312 g/mol. The number of aliphatic hydroxyl groups excluding tert-OH is 2. The van der Waals surface area contributed by atoms with Crippen LogP contribution in [-0.4, -0.2) is 23.9 Å². The smallest absolute Gasteiger partial charge is 0.108 e. The summed E-state index contributed by atoms with van der Waals surface area (Å²) >= 11 is 0. The lowest BCUT2D eigenvalue weighted by molar-refractivity contribution is 0.227. The van der Waals surface area contributed by atoms with Crippen LogP contribution in [0.4, 0.5) is 0 Å². The van der Waals surface area contributed by atoms with Crippen LogP contribution >= 0.6 is 0 Å². The molecule has 0 aliphatic heterocycles. The van der Waals surface area contributed by atoms with Gasteiger partial charge >= 0.3 is 0 Å². The van der Waals surface area contributed by atoms with Gasteiger partial charge in [-0.1, -0.05) is 38.5 Å². The number of rotatable bonds is 8. The molecule has 0 fully saturated rings. The molecule has 3 nitrogen and oxygen atoms in total. The van der Waals surface area contributed by atoms with Crippen molar-refractivity contribution in [1.29, 1.82) is 0 Å². The van der Waals surface area contributed by atoms with E-state index in [1.807, 2.05) is 12.2 Å².